The zero-order valence-corrected chi connectivity index (χ0v) is 10.8. The van der Waals surface area contributed by atoms with Crippen molar-refractivity contribution in [2.75, 3.05) is 13.6 Å². The Bertz CT molecular complexity index is 376. The van der Waals surface area contributed by atoms with Gasteiger partial charge in [0.1, 0.15) is 0 Å². The van der Waals surface area contributed by atoms with E-state index in [4.69, 9.17) is 5.11 Å². The van der Waals surface area contributed by atoms with Crippen LogP contribution in [0.25, 0.3) is 0 Å². The lowest BCUT2D eigenvalue weighted by atomic mass is 10.1. The van der Waals surface area contributed by atoms with Gasteiger partial charge in [-0.25, -0.2) is 0 Å². The lowest BCUT2D eigenvalue weighted by Gasteiger charge is -2.23. The van der Waals surface area contributed by atoms with Crippen LogP contribution in [0.4, 0.5) is 0 Å². The zero-order valence-electron chi connectivity index (χ0n) is 10.8. The second-order valence-corrected chi connectivity index (χ2v) is 4.67. The van der Waals surface area contributed by atoms with Gasteiger partial charge >= 0.3 is 5.97 Å². The van der Waals surface area contributed by atoms with E-state index in [1.54, 1.807) is 0 Å². The summed E-state index contributed by atoms with van der Waals surface area (Å²) in [5.74, 6) is -0.736. The molecule has 1 rings (SSSR count). The van der Waals surface area contributed by atoms with Gasteiger partial charge in [-0.3, -0.25) is 4.79 Å². The molecule has 0 spiro atoms. The fraction of sp³-hybridized carbons (Fsp3) is 0.500. The van der Waals surface area contributed by atoms with Crippen LogP contribution >= 0.6 is 0 Å². The van der Waals surface area contributed by atoms with Gasteiger partial charge in [-0.2, -0.15) is 0 Å². The standard InChI is InChI=1S/C14H21NO2/c1-11-5-4-6-13(9-11)7-8-15(3)12(2)10-14(16)17/h4-6,9,12H,7-8,10H2,1-3H3,(H,16,17). The number of hydrogen-bond acceptors (Lipinski definition) is 2. The molecule has 1 aromatic carbocycles. The quantitative estimate of drug-likeness (QED) is 0.822. The first-order valence-corrected chi connectivity index (χ1v) is 5.96. The number of benzene rings is 1. The predicted molar refractivity (Wildman–Crippen MR) is 69.2 cm³/mol. The van der Waals surface area contributed by atoms with Crippen molar-refractivity contribution in [1.29, 1.82) is 0 Å². The average Bonchev–Trinajstić information content (AvgIpc) is 2.25. The smallest absolute Gasteiger partial charge is 0.304 e. The Morgan fingerprint density at radius 2 is 2.18 bits per heavy atom. The third-order valence-electron chi connectivity index (χ3n) is 3.06. The van der Waals surface area contributed by atoms with Gasteiger partial charge in [0, 0.05) is 12.6 Å². The SMILES string of the molecule is Cc1cccc(CCN(C)C(C)CC(=O)O)c1. The van der Waals surface area contributed by atoms with Gasteiger partial charge in [0.15, 0.2) is 0 Å². The molecule has 94 valence electrons. The van der Waals surface area contributed by atoms with Crippen molar-refractivity contribution in [3.63, 3.8) is 0 Å². The van der Waals surface area contributed by atoms with Crippen LogP contribution in [0.15, 0.2) is 24.3 Å². The molecule has 1 atom stereocenters. The minimum Gasteiger partial charge on any atom is -0.481 e. The number of carbonyl (C=O) groups is 1. The highest BCUT2D eigenvalue weighted by atomic mass is 16.4. The lowest BCUT2D eigenvalue weighted by Crippen LogP contribution is -2.32. The van der Waals surface area contributed by atoms with E-state index >= 15 is 0 Å². The average molecular weight is 235 g/mol. The second-order valence-electron chi connectivity index (χ2n) is 4.67. The molecule has 0 amide bonds. The van der Waals surface area contributed by atoms with E-state index in [0.717, 1.165) is 13.0 Å². The van der Waals surface area contributed by atoms with Crippen LogP contribution in [0.5, 0.6) is 0 Å². The largest absolute Gasteiger partial charge is 0.481 e. The van der Waals surface area contributed by atoms with E-state index in [2.05, 4.69) is 36.1 Å². The maximum atomic E-state index is 10.6. The van der Waals surface area contributed by atoms with E-state index in [-0.39, 0.29) is 12.5 Å². The molecule has 0 aliphatic rings. The second kappa shape index (κ2) is 6.40. The summed E-state index contributed by atoms with van der Waals surface area (Å²) in [6.07, 6.45) is 1.16. The molecule has 17 heavy (non-hydrogen) atoms. The molecule has 0 radical (unpaired) electrons. The van der Waals surface area contributed by atoms with Gasteiger partial charge < -0.3 is 10.0 Å². The predicted octanol–water partition coefficient (Wildman–Crippen LogP) is 2.33. The Morgan fingerprint density at radius 1 is 1.47 bits per heavy atom. The molecular formula is C14H21NO2. The van der Waals surface area contributed by atoms with Crippen molar-refractivity contribution in [2.24, 2.45) is 0 Å². The monoisotopic (exact) mass is 235 g/mol. The molecule has 1 aromatic rings. The molecule has 3 nitrogen and oxygen atoms in total. The summed E-state index contributed by atoms with van der Waals surface area (Å²) < 4.78 is 0. The van der Waals surface area contributed by atoms with E-state index < -0.39 is 5.97 Å². The number of carboxylic acids is 1. The normalized spacial score (nSPS) is 12.7. The first kappa shape index (κ1) is 13.7. The highest BCUT2D eigenvalue weighted by molar-refractivity contribution is 5.67. The minimum atomic E-state index is -0.736. The van der Waals surface area contributed by atoms with Gasteiger partial charge in [0.25, 0.3) is 0 Å². The number of nitrogens with zero attached hydrogens (tertiary/aromatic N) is 1. The third-order valence-corrected chi connectivity index (χ3v) is 3.06. The van der Waals surface area contributed by atoms with Gasteiger partial charge in [-0.1, -0.05) is 29.8 Å². The minimum absolute atomic E-state index is 0.0808. The number of aliphatic carboxylic acids is 1. The van der Waals surface area contributed by atoms with Crippen molar-refractivity contribution in [2.45, 2.75) is 32.7 Å². The molecule has 0 saturated carbocycles. The van der Waals surface area contributed by atoms with Crippen molar-refractivity contribution in [3.05, 3.63) is 35.4 Å². The van der Waals surface area contributed by atoms with Crippen molar-refractivity contribution in [3.8, 4) is 0 Å². The fourth-order valence-corrected chi connectivity index (χ4v) is 1.80. The van der Waals surface area contributed by atoms with Crippen LogP contribution in [-0.2, 0) is 11.2 Å². The van der Waals surface area contributed by atoms with Gasteiger partial charge in [0.05, 0.1) is 6.42 Å². The van der Waals surface area contributed by atoms with E-state index in [1.807, 2.05) is 14.0 Å². The number of likely N-dealkylation sites (N-methyl/N-ethyl adjacent to an activating group) is 1. The topological polar surface area (TPSA) is 40.5 Å². The molecule has 0 saturated heterocycles. The number of rotatable bonds is 6. The molecule has 1 N–H and O–H groups in total. The summed E-state index contributed by atoms with van der Waals surface area (Å²) in [5.41, 5.74) is 2.57. The van der Waals surface area contributed by atoms with Crippen LogP contribution in [0.3, 0.4) is 0 Å². The van der Waals surface area contributed by atoms with Crippen LogP contribution in [0, 0.1) is 6.92 Å². The van der Waals surface area contributed by atoms with Crippen molar-refractivity contribution >= 4 is 5.97 Å². The molecule has 0 heterocycles. The van der Waals surface area contributed by atoms with Gasteiger partial charge in [-0.15, -0.1) is 0 Å². The van der Waals surface area contributed by atoms with Crippen LogP contribution in [0.2, 0.25) is 0 Å². The summed E-state index contributed by atoms with van der Waals surface area (Å²) in [5, 5.41) is 8.73. The highest BCUT2D eigenvalue weighted by Crippen LogP contribution is 2.07. The summed E-state index contributed by atoms with van der Waals surface area (Å²) in [6, 6.07) is 8.52. The Kier molecular flexibility index (Phi) is 5.16. The molecule has 0 aliphatic carbocycles. The summed E-state index contributed by atoms with van der Waals surface area (Å²) in [6.45, 7) is 4.92. The maximum absolute atomic E-state index is 10.6. The van der Waals surface area contributed by atoms with Crippen LogP contribution in [-0.4, -0.2) is 35.6 Å². The van der Waals surface area contributed by atoms with E-state index in [9.17, 15) is 4.79 Å². The molecule has 0 fully saturated rings. The number of hydrogen-bond donors (Lipinski definition) is 1. The maximum Gasteiger partial charge on any atom is 0.304 e. The Labute approximate surface area is 103 Å². The highest BCUT2D eigenvalue weighted by Gasteiger charge is 2.12. The number of carboxylic acid groups (broad SMARTS) is 1. The first-order valence-electron chi connectivity index (χ1n) is 5.96. The first-order chi connectivity index (χ1) is 7.99. The fourth-order valence-electron chi connectivity index (χ4n) is 1.80. The molecule has 0 bridgehead atoms. The van der Waals surface area contributed by atoms with Crippen LogP contribution in [0.1, 0.15) is 24.5 Å². The Hall–Kier alpha value is -1.35. The Balaban J connectivity index is 2.42. The van der Waals surface area contributed by atoms with Crippen molar-refractivity contribution in [1.82, 2.24) is 4.90 Å². The van der Waals surface area contributed by atoms with Gasteiger partial charge in [0.2, 0.25) is 0 Å². The van der Waals surface area contributed by atoms with Crippen LogP contribution < -0.4 is 0 Å². The summed E-state index contributed by atoms with van der Waals surface area (Å²) in [4.78, 5) is 12.7. The molecule has 3 heteroatoms. The summed E-state index contributed by atoms with van der Waals surface area (Å²) >= 11 is 0. The van der Waals surface area contributed by atoms with Gasteiger partial charge in [-0.05, 0) is 32.9 Å². The van der Waals surface area contributed by atoms with Crippen molar-refractivity contribution < 1.29 is 9.90 Å². The molecule has 0 aliphatic heterocycles. The third kappa shape index (κ3) is 5.00. The lowest BCUT2D eigenvalue weighted by molar-refractivity contribution is -0.138. The zero-order chi connectivity index (χ0) is 12.8. The molecule has 1 unspecified atom stereocenters. The van der Waals surface area contributed by atoms with E-state index in [0.29, 0.717) is 0 Å². The molecule has 0 aromatic heterocycles. The molecular weight excluding hydrogens is 214 g/mol. The van der Waals surface area contributed by atoms with E-state index in [1.165, 1.54) is 11.1 Å². The summed E-state index contributed by atoms with van der Waals surface area (Å²) in [7, 11) is 1.98. The Morgan fingerprint density at radius 3 is 2.76 bits per heavy atom. The number of aryl methyl sites for hydroxylation is 1.